The van der Waals surface area contributed by atoms with Crippen molar-refractivity contribution in [2.45, 2.75) is 25.3 Å². The van der Waals surface area contributed by atoms with Gasteiger partial charge >= 0.3 is 0 Å². The molecular weight excluding hydrogens is 304 g/mol. The van der Waals surface area contributed by atoms with Crippen LogP contribution >= 0.6 is 0 Å². The maximum absolute atomic E-state index is 12.8. The van der Waals surface area contributed by atoms with Crippen molar-refractivity contribution in [3.63, 3.8) is 0 Å². The molecule has 1 aromatic heterocycles. The van der Waals surface area contributed by atoms with E-state index in [-0.39, 0.29) is 11.9 Å². The van der Waals surface area contributed by atoms with E-state index in [0.29, 0.717) is 18.9 Å². The third kappa shape index (κ3) is 2.82. The molecule has 0 spiro atoms. The topological polar surface area (TPSA) is 51.7 Å². The van der Waals surface area contributed by atoms with Crippen LogP contribution in [0.1, 0.15) is 41.4 Å². The first-order chi connectivity index (χ1) is 11.8. The number of nitrogens with zero attached hydrogens (tertiary/aromatic N) is 2. The number of fused-ring (bicyclic) bond motifs is 1. The highest BCUT2D eigenvalue weighted by atomic mass is 16.5. The predicted molar refractivity (Wildman–Crippen MR) is 89.3 cm³/mol. The van der Waals surface area contributed by atoms with Crippen molar-refractivity contribution in [3.8, 4) is 11.5 Å². The standard InChI is InChI=1S/C19H20N2O3/c22-19(15-5-1-2-9-20-15)21-10-3-6-16(21)14-7-8-17-18(13-14)24-12-4-11-23-17/h1-2,5,7-9,13,16H,3-4,6,10-12H2/t16-/m1/s1. The van der Waals surface area contributed by atoms with Crippen molar-refractivity contribution in [1.82, 2.24) is 9.88 Å². The molecule has 3 heterocycles. The van der Waals surface area contributed by atoms with Crippen molar-refractivity contribution in [2.24, 2.45) is 0 Å². The molecule has 1 atom stereocenters. The van der Waals surface area contributed by atoms with Gasteiger partial charge in [-0.25, -0.2) is 0 Å². The summed E-state index contributed by atoms with van der Waals surface area (Å²) in [6, 6.07) is 11.5. The Balaban J connectivity index is 1.61. The second kappa shape index (κ2) is 6.51. The molecule has 2 aliphatic rings. The first-order valence-corrected chi connectivity index (χ1v) is 8.44. The van der Waals surface area contributed by atoms with Gasteiger partial charge in [-0.15, -0.1) is 0 Å². The van der Waals surface area contributed by atoms with Crippen LogP contribution in [0.5, 0.6) is 11.5 Å². The van der Waals surface area contributed by atoms with Gasteiger partial charge in [0.25, 0.3) is 5.91 Å². The van der Waals surface area contributed by atoms with E-state index in [9.17, 15) is 4.79 Å². The van der Waals surface area contributed by atoms with E-state index < -0.39 is 0 Å². The number of aromatic nitrogens is 1. The molecular formula is C19H20N2O3. The van der Waals surface area contributed by atoms with Gasteiger partial charge in [-0.2, -0.15) is 0 Å². The lowest BCUT2D eigenvalue weighted by molar-refractivity contribution is 0.0729. The minimum atomic E-state index is -0.00906. The maximum Gasteiger partial charge on any atom is 0.272 e. The van der Waals surface area contributed by atoms with Gasteiger partial charge in [-0.3, -0.25) is 9.78 Å². The van der Waals surface area contributed by atoms with Crippen LogP contribution < -0.4 is 9.47 Å². The summed E-state index contributed by atoms with van der Waals surface area (Å²) >= 11 is 0. The highest BCUT2D eigenvalue weighted by Crippen LogP contribution is 2.38. The minimum absolute atomic E-state index is 0.00906. The lowest BCUT2D eigenvalue weighted by atomic mass is 10.0. The van der Waals surface area contributed by atoms with Gasteiger partial charge in [0.05, 0.1) is 19.3 Å². The molecule has 2 aromatic rings. The van der Waals surface area contributed by atoms with Crippen LogP contribution in [0.4, 0.5) is 0 Å². The molecule has 24 heavy (non-hydrogen) atoms. The fraction of sp³-hybridized carbons (Fsp3) is 0.368. The Morgan fingerprint density at radius 1 is 1.08 bits per heavy atom. The Morgan fingerprint density at radius 2 is 1.96 bits per heavy atom. The third-order valence-corrected chi connectivity index (χ3v) is 4.55. The zero-order chi connectivity index (χ0) is 16.4. The second-order valence-corrected chi connectivity index (χ2v) is 6.13. The molecule has 0 N–H and O–H groups in total. The average molecular weight is 324 g/mol. The SMILES string of the molecule is O=C(c1ccccn1)N1CCC[C@@H]1c1ccc2c(c1)OCCCO2. The molecule has 5 nitrogen and oxygen atoms in total. The molecule has 0 unspecified atom stereocenters. The number of rotatable bonds is 2. The fourth-order valence-electron chi connectivity index (χ4n) is 3.38. The Bertz CT molecular complexity index is 733. The minimum Gasteiger partial charge on any atom is -0.490 e. The molecule has 1 amide bonds. The Labute approximate surface area is 141 Å². The summed E-state index contributed by atoms with van der Waals surface area (Å²) in [6.45, 7) is 2.10. The number of carbonyl (C=O) groups is 1. The highest BCUT2D eigenvalue weighted by Gasteiger charge is 2.31. The number of carbonyl (C=O) groups excluding carboxylic acids is 1. The number of ether oxygens (including phenoxy) is 2. The molecule has 5 heteroatoms. The van der Waals surface area contributed by atoms with E-state index in [1.807, 2.05) is 35.2 Å². The van der Waals surface area contributed by atoms with Crippen LogP contribution in [0.2, 0.25) is 0 Å². The molecule has 124 valence electrons. The lowest BCUT2D eigenvalue weighted by Gasteiger charge is -2.25. The van der Waals surface area contributed by atoms with Gasteiger partial charge in [0.15, 0.2) is 11.5 Å². The predicted octanol–water partition coefficient (Wildman–Crippen LogP) is 3.22. The van der Waals surface area contributed by atoms with E-state index in [0.717, 1.165) is 42.9 Å². The van der Waals surface area contributed by atoms with Crippen LogP contribution in [-0.4, -0.2) is 35.5 Å². The van der Waals surface area contributed by atoms with Crippen LogP contribution in [0.15, 0.2) is 42.6 Å². The molecule has 0 saturated carbocycles. The average Bonchev–Trinajstić information content (AvgIpc) is 3.00. The van der Waals surface area contributed by atoms with Gasteiger partial charge in [0.2, 0.25) is 0 Å². The number of likely N-dealkylation sites (tertiary alicyclic amines) is 1. The number of amides is 1. The number of pyridine rings is 1. The van der Waals surface area contributed by atoms with E-state index in [1.165, 1.54) is 0 Å². The summed E-state index contributed by atoms with van der Waals surface area (Å²) in [6.07, 6.45) is 4.50. The highest BCUT2D eigenvalue weighted by molar-refractivity contribution is 5.92. The Morgan fingerprint density at radius 3 is 2.79 bits per heavy atom. The smallest absolute Gasteiger partial charge is 0.272 e. The summed E-state index contributed by atoms with van der Waals surface area (Å²) in [5.41, 5.74) is 1.60. The van der Waals surface area contributed by atoms with E-state index >= 15 is 0 Å². The van der Waals surface area contributed by atoms with Crippen LogP contribution in [-0.2, 0) is 0 Å². The number of benzene rings is 1. The molecule has 0 radical (unpaired) electrons. The second-order valence-electron chi connectivity index (χ2n) is 6.13. The van der Waals surface area contributed by atoms with Gasteiger partial charge in [-0.1, -0.05) is 12.1 Å². The lowest BCUT2D eigenvalue weighted by Crippen LogP contribution is -2.31. The largest absolute Gasteiger partial charge is 0.490 e. The Kier molecular flexibility index (Phi) is 4.07. The van der Waals surface area contributed by atoms with Crippen LogP contribution in [0, 0.1) is 0 Å². The van der Waals surface area contributed by atoms with Crippen LogP contribution in [0.25, 0.3) is 0 Å². The summed E-state index contributed by atoms with van der Waals surface area (Å²) in [5, 5.41) is 0. The molecule has 0 bridgehead atoms. The van der Waals surface area contributed by atoms with Crippen molar-refractivity contribution in [2.75, 3.05) is 19.8 Å². The van der Waals surface area contributed by atoms with E-state index in [4.69, 9.17) is 9.47 Å². The summed E-state index contributed by atoms with van der Waals surface area (Å²) in [5.74, 6) is 1.56. The summed E-state index contributed by atoms with van der Waals surface area (Å²) in [7, 11) is 0. The molecule has 0 aliphatic carbocycles. The summed E-state index contributed by atoms with van der Waals surface area (Å²) < 4.78 is 11.5. The molecule has 1 saturated heterocycles. The first kappa shape index (κ1) is 15.0. The quantitative estimate of drug-likeness (QED) is 0.851. The molecule has 4 rings (SSSR count). The van der Waals surface area contributed by atoms with Crippen molar-refractivity contribution in [3.05, 3.63) is 53.9 Å². The summed E-state index contributed by atoms with van der Waals surface area (Å²) in [4.78, 5) is 18.9. The molecule has 2 aliphatic heterocycles. The fourth-order valence-corrected chi connectivity index (χ4v) is 3.38. The Hall–Kier alpha value is -2.56. The van der Waals surface area contributed by atoms with Crippen molar-refractivity contribution in [1.29, 1.82) is 0 Å². The zero-order valence-corrected chi connectivity index (χ0v) is 13.5. The van der Waals surface area contributed by atoms with Gasteiger partial charge in [0.1, 0.15) is 5.69 Å². The monoisotopic (exact) mass is 324 g/mol. The zero-order valence-electron chi connectivity index (χ0n) is 13.5. The number of hydrogen-bond donors (Lipinski definition) is 0. The van der Waals surface area contributed by atoms with Crippen molar-refractivity contribution < 1.29 is 14.3 Å². The van der Waals surface area contributed by atoms with Gasteiger partial charge < -0.3 is 14.4 Å². The first-order valence-electron chi connectivity index (χ1n) is 8.44. The molecule has 1 aromatic carbocycles. The number of hydrogen-bond acceptors (Lipinski definition) is 4. The third-order valence-electron chi connectivity index (χ3n) is 4.55. The molecule has 1 fully saturated rings. The van der Waals surface area contributed by atoms with E-state index in [1.54, 1.807) is 12.3 Å². The normalized spacial score (nSPS) is 19.8. The van der Waals surface area contributed by atoms with Crippen LogP contribution in [0.3, 0.4) is 0 Å². The van der Waals surface area contributed by atoms with Gasteiger partial charge in [0, 0.05) is 19.2 Å². The van der Waals surface area contributed by atoms with E-state index in [2.05, 4.69) is 4.98 Å². The maximum atomic E-state index is 12.8. The van der Waals surface area contributed by atoms with Crippen molar-refractivity contribution >= 4 is 5.91 Å². The van der Waals surface area contributed by atoms with Gasteiger partial charge in [-0.05, 0) is 42.7 Å².